The predicted molar refractivity (Wildman–Crippen MR) is 87.6 cm³/mol. The summed E-state index contributed by atoms with van der Waals surface area (Å²) in [4.78, 5) is 11.4. The van der Waals surface area contributed by atoms with Gasteiger partial charge in [0.15, 0.2) is 0 Å². The van der Waals surface area contributed by atoms with E-state index in [4.69, 9.17) is 0 Å². The molecule has 0 aromatic rings. The van der Waals surface area contributed by atoms with Gasteiger partial charge in [-0.2, -0.15) is 0 Å². The van der Waals surface area contributed by atoms with E-state index in [1.54, 1.807) is 0 Å². The maximum absolute atomic E-state index is 11.4. The van der Waals surface area contributed by atoms with Crippen LogP contribution in [0.25, 0.3) is 0 Å². The fourth-order valence-electron chi connectivity index (χ4n) is 2.97. The van der Waals surface area contributed by atoms with E-state index in [-0.39, 0.29) is 5.92 Å². The number of carbonyl (C=O) groups excluding carboxylic acids is 1. The summed E-state index contributed by atoms with van der Waals surface area (Å²) in [6.07, 6.45) is 12.4. The number of hydrogen-bond acceptors (Lipinski definition) is 1. The second kappa shape index (κ2) is 8.24. The molecule has 3 atom stereocenters. The summed E-state index contributed by atoms with van der Waals surface area (Å²) in [5, 5.41) is 0. The normalized spacial score (nSPS) is 26.9. The standard InChI is InChI=1S/C19H30O/c1-14(2)7-6-8-15(3)9-12-18-16(4)10-11-17(5)19(18)13-20/h7,9-10,13,17-19H,6,8,11-12H2,1-5H3. The number of rotatable bonds is 6. The smallest absolute Gasteiger partial charge is 0.123 e. The first kappa shape index (κ1) is 16.9. The van der Waals surface area contributed by atoms with Crippen molar-refractivity contribution >= 4 is 6.29 Å². The maximum Gasteiger partial charge on any atom is 0.123 e. The van der Waals surface area contributed by atoms with Gasteiger partial charge in [-0.25, -0.2) is 0 Å². The summed E-state index contributed by atoms with van der Waals surface area (Å²) in [7, 11) is 0. The first-order chi connectivity index (χ1) is 9.45. The van der Waals surface area contributed by atoms with Gasteiger partial charge in [-0.15, -0.1) is 0 Å². The molecule has 112 valence electrons. The fraction of sp³-hybridized carbons (Fsp3) is 0.632. The molecule has 0 amide bonds. The molecule has 0 heterocycles. The van der Waals surface area contributed by atoms with E-state index in [2.05, 4.69) is 52.8 Å². The van der Waals surface area contributed by atoms with Gasteiger partial charge >= 0.3 is 0 Å². The zero-order valence-electron chi connectivity index (χ0n) is 13.8. The highest BCUT2D eigenvalue weighted by Gasteiger charge is 2.29. The Morgan fingerprint density at radius 1 is 1.30 bits per heavy atom. The van der Waals surface area contributed by atoms with Crippen LogP contribution in [0.4, 0.5) is 0 Å². The van der Waals surface area contributed by atoms with Gasteiger partial charge in [0.2, 0.25) is 0 Å². The highest BCUT2D eigenvalue weighted by atomic mass is 16.1. The Hall–Kier alpha value is -1.11. The van der Waals surface area contributed by atoms with Crippen molar-refractivity contribution in [2.24, 2.45) is 17.8 Å². The van der Waals surface area contributed by atoms with Crippen LogP contribution in [0.5, 0.6) is 0 Å². The van der Waals surface area contributed by atoms with Crippen LogP contribution in [-0.4, -0.2) is 6.29 Å². The zero-order chi connectivity index (χ0) is 15.1. The summed E-state index contributed by atoms with van der Waals surface area (Å²) in [5.74, 6) is 1.09. The molecule has 1 aliphatic carbocycles. The Labute approximate surface area is 124 Å². The minimum atomic E-state index is 0.196. The van der Waals surface area contributed by atoms with Crippen molar-refractivity contribution in [3.63, 3.8) is 0 Å². The van der Waals surface area contributed by atoms with E-state index in [9.17, 15) is 4.79 Å². The molecule has 1 aliphatic rings. The van der Waals surface area contributed by atoms with Crippen LogP contribution in [0.3, 0.4) is 0 Å². The van der Waals surface area contributed by atoms with E-state index in [0.29, 0.717) is 11.8 Å². The van der Waals surface area contributed by atoms with E-state index in [1.807, 2.05) is 0 Å². The van der Waals surface area contributed by atoms with Crippen molar-refractivity contribution in [3.8, 4) is 0 Å². The van der Waals surface area contributed by atoms with Crippen molar-refractivity contribution in [2.75, 3.05) is 0 Å². The molecule has 0 saturated carbocycles. The molecule has 0 saturated heterocycles. The lowest BCUT2D eigenvalue weighted by Gasteiger charge is -2.32. The first-order valence-corrected chi connectivity index (χ1v) is 7.86. The lowest BCUT2D eigenvalue weighted by atomic mass is 9.72. The molecular formula is C19H30O. The Morgan fingerprint density at radius 2 is 2.00 bits per heavy atom. The molecule has 3 unspecified atom stereocenters. The highest BCUT2D eigenvalue weighted by Crippen LogP contribution is 2.36. The van der Waals surface area contributed by atoms with Crippen LogP contribution in [0, 0.1) is 17.8 Å². The largest absolute Gasteiger partial charge is 0.303 e. The van der Waals surface area contributed by atoms with Crippen molar-refractivity contribution in [1.29, 1.82) is 0 Å². The minimum absolute atomic E-state index is 0.196. The van der Waals surface area contributed by atoms with Crippen molar-refractivity contribution in [3.05, 3.63) is 34.9 Å². The molecule has 0 fully saturated rings. The van der Waals surface area contributed by atoms with Crippen LogP contribution >= 0.6 is 0 Å². The Kier molecular flexibility index (Phi) is 6.98. The predicted octanol–water partition coefficient (Wildman–Crippen LogP) is 5.49. The molecule has 0 spiro atoms. The van der Waals surface area contributed by atoms with Gasteiger partial charge in [0, 0.05) is 5.92 Å². The van der Waals surface area contributed by atoms with Gasteiger partial charge in [0.1, 0.15) is 6.29 Å². The quantitative estimate of drug-likeness (QED) is 0.462. The third-order valence-corrected chi connectivity index (χ3v) is 4.49. The average Bonchev–Trinajstić information content (AvgIpc) is 2.39. The van der Waals surface area contributed by atoms with Gasteiger partial charge in [-0.05, 0) is 65.2 Å². The monoisotopic (exact) mass is 274 g/mol. The Morgan fingerprint density at radius 3 is 2.60 bits per heavy atom. The summed E-state index contributed by atoms with van der Waals surface area (Å²) >= 11 is 0. The molecule has 0 radical (unpaired) electrons. The Bertz CT molecular complexity index is 407. The van der Waals surface area contributed by atoms with Gasteiger partial charge in [-0.3, -0.25) is 0 Å². The molecule has 20 heavy (non-hydrogen) atoms. The van der Waals surface area contributed by atoms with Crippen LogP contribution in [0.15, 0.2) is 34.9 Å². The van der Waals surface area contributed by atoms with Gasteiger partial charge < -0.3 is 4.79 Å². The number of carbonyl (C=O) groups is 1. The first-order valence-electron chi connectivity index (χ1n) is 7.86. The zero-order valence-corrected chi connectivity index (χ0v) is 13.8. The molecule has 0 aromatic heterocycles. The number of allylic oxidation sites excluding steroid dienone is 6. The maximum atomic E-state index is 11.4. The molecule has 0 bridgehead atoms. The van der Waals surface area contributed by atoms with Crippen molar-refractivity contribution < 1.29 is 4.79 Å². The summed E-state index contributed by atoms with van der Waals surface area (Å²) in [6, 6.07) is 0. The van der Waals surface area contributed by atoms with Crippen molar-refractivity contribution in [1.82, 2.24) is 0 Å². The van der Waals surface area contributed by atoms with Crippen LogP contribution in [0.1, 0.15) is 60.3 Å². The van der Waals surface area contributed by atoms with Crippen LogP contribution < -0.4 is 0 Å². The summed E-state index contributed by atoms with van der Waals surface area (Å²) < 4.78 is 0. The number of aldehydes is 1. The molecule has 0 aromatic carbocycles. The Balaban J connectivity index is 2.61. The molecule has 1 nitrogen and oxygen atoms in total. The summed E-state index contributed by atoms with van der Waals surface area (Å²) in [6.45, 7) is 10.9. The van der Waals surface area contributed by atoms with Gasteiger partial charge in [0.25, 0.3) is 0 Å². The lowest BCUT2D eigenvalue weighted by Crippen LogP contribution is -2.27. The third-order valence-electron chi connectivity index (χ3n) is 4.49. The fourth-order valence-corrected chi connectivity index (χ4v) is 2.97. The minimum Gasteiger partial charge on any atom is -0.303 e. The van der Waals surface area contributed by atoms with E-state index < -0.39 is 0 Å². The highest BCUT2D eigenvalue weighted by molar-refractivity contribution is 5.56. The molecule has 1 rings (SSSR count). The van der Waals surface area contributed by atoms with Crippen LogP contribution in [0.2, 0.25) is 0 Å². The third kappa shape index (κ3) is 5.11. The van der Waals surface area contributed by atoms with Gasteiger partial charge in [-0.1, -0.05) is 41.9 Å². The SMILES string of the molecule is CC(C)=CCCC(C)=CCC1C(C)=CCC(C)C1C=O. The second-order valence-corrected chi connectivity index (χ2v) is 6.59. The summed E-state index contributed by atoms with van der Waals surface area (Å²) in [5.41, 5.74) is 4.23. The van der Waals surface area contributed by atoms with Gasteiger partial charge in [0.05, 0.1) is 0 Å². The second-order valence-electron chi connectivity index (χ2n) is 6.59. The van der Waals surface area contributed by atoms with Crippen LogP contribution in [-0.2, 0) is 4.79 Å². The van der Waals surface area contributed by atoms with E-state index >= 15 is 0 Å². The van der Waals surface area contributed by atoms with E-state index in [1.165, 1.54) is 23.0 Å². The molecular weight excluding hydrogens is 244 g/mol. The number of hydrogen-bond donors (Lipinski definition) is 0. The molecule has 1 heteroatoms. The van der Waals surface area contributed by atoms with E-state index in [0.717, 1.165) is 25.7 Å². The topological polar surface area (TPSA) is 17.1 Å². The average molecular weight is 274 g/mol. The lowest BCUT2D eigenvalue weighted by molar-refractivity contribution is -0.113. The van der Waals surface area contributed by atoms with Crippen molar-refractivity contribution in [2.45, 2.75) is 60.3 Å². The molecule has 0 aliphatic heterocycles. The molecule has 0 N–H and O–H groups in total.